The highest BCUT2D eigenvalue weighted by molar-refractivity contribution is 5.81. The summed E-state index contributed by atoms with van der Waals surface area (Å²) in [6.45, 7) is 4.34. The van der Waals surface area contributed by atoms with Crippen molar-refractivity contribution in [1.29, 1.82) is 0 Å². The van der Waals surface area contributed by atoms with Gasteiger partial charge in [-0.25, -0.2) is 4.98 Å². The minimum Gasteiger partial charge on any atom is -0.381 e. The summed E-state index contributed by atoms with van der Waals surface area (Å²) >= 11 is 0. The second kappa shape index (κ2) is 6.04. The van der Waals surface area contributed by atoms with Gasteiger partial charge in [-0.3, -0.25) is 4.68 Å². The van der Waals surface area contributed by atoms with Gasteiger partial charge in [-0.15, -0.1) is 0 Å². The van der Waals surface area contributed by atoms with Crippen LogP contribution in [0.25, 0.3) is 11.0 Å². The molecule has 1 aliphatic rings. The van der Waals surface area contributed by atoms with Crippen LogP contribution >= 0.6 is 0 Å². The number of hydrogen-bond donors (Lipinski definition) is 1. The molecule has 2 aromatic heterocycles. The van der Waals surface area contributed by atoms with E-state index < -0.39 is 0 Å². The maximum absolute atomic E-state index is 4.55. The number of anilines is 1. The number of aromatic nitrogens is 3. The molecule has 1 fully saturated rings. The van der Waals surface area contributed by atoms with Crippen molar-refractivity contribution in [1.82, 2.24) is 14.8 Å². The zero-order valence-corrected chi connectivity index (χ0v) is 13.4. The van der Waals surface area contributed by atoms with Gasteiger partial charge in [-0.05, 0) is 44.6 Å². The van der Waals surface area contributed by atoms with E-state index >= 15 is 0 Å². The molecule has 21 heavy (non-hydrogen) atoms. The lowest BCUT2D eigenvalue weighted by molar-refractivity contribution is 0.319. The number of nitrogens with one attached hydrogen (secondary N) is 1. The van der Waals surface area contributed by atoms with Gasteiger partial charge in [0.05, 0.1) is 17.6 Å². The van der Waals surface area contributed by atoms with Crippen LogP contribution in [-0.2, 0) is 7.05 Å². The molecule has 1 aliphatic carbocycles. The first kappa shape index (κ1) is 14.4. The molecule has 0 amide bonds. The molecule has 114 valence electrons. The van der Waals surface area contributed by atoms with Crippen LogP contribution in [0.4, 0.5) is 5.69 Å². The number of pyridine rings is 1. The highest BCUT2D eigenvalue weighted by Gasteiger charge is 2.20. The van der Waals surface area contributed by atoms with Crippen molar-refractivity contribution >= 4 is 16.7 Å². The van der Waals surface area contributed by atoms with Gasteiger partial charge < -0.3 is 5.32 Å². The van der Waals surface area contributed by atoms with Gasteiger partial charge in [-0.2, -0.15) is 5.10 Å². The number of rotatable bonds is 4. The fourth-order valence-corrected chi connectivity index (χ4v) is 3.63. The Bertz CT molecular complexity index is 609. The van der Waals surface area contributed by atoms with Gasteiger partial charge in [0.1, 0.15) is 0 Å². The van der Waals surface area contributed by atoms with Gasteiger partial charge in [0.25, 0.3) is 0 Å². The summed E-state index contributed by atoms with van der Waals surface area (Å²) in [4.78, 5) is 4.55. The lowest BCUT2D eigenvalue weighted by atomic mass is 9.83. The minimum atomic E-state index is 0.606. The molecule has 1 N–H and O–H groups in total. The topological polar surface area (TPSA) is 42.7 Å². The van der Waals surface area contributed by atoms with Gasteiger partial charge in [0, 0.05) is 18.5 Å². The van der Waals surface area contributed by atoms with Gasteiger partial charge >= 0.3 is 0 Å². The first-order valence-corrected chi connectivity index (χ1v) is 8.23. The molecule has 0 aliphatic heterocycles. The van der Waals surface area contributed by atoms with E-state index in [9.17, 15) is 0 Å². The first-order chi connectivity index (χ1) is 10.2. The average Bonchev–Trinajstić information content (AvgIpc) is 2.76. The normalized spacial score (nSPS) is 22.6. The lowest BCUT2D eigenvalue weighted by Gasteiger charge is -2.29. The van der Waals surface area contributed by atoms with E-state index in [1.165, 1.54) is 38.5 Å². The van der Waals surface area contributed by atoms with Crippen LogP contribution in [0.15, 0.2) is 12.3 Å². The Hall–Kier alpha value is -1.58. The molecule has 0 spiro atoms. The van der Waals surface area contributed by atoms with E-state index in [-0.39, 0.29) is 0 Å². The quantitative estimate of drug-likeness (QED) is 0.922. The number of nitrogens with zero attached hydrogens (tertiary/aromatic N) is 3. The molecule has 0 radical (unpaired) electrons. The molecule has 1 saturated carbocycles. The molecule has 0 atom stereocenters. The van der Waals surface area contributed by atoms with Crippen molar-refractivity contribution < 1.29 is 0 Å². The maximum Gasteiger partial charge on any atom is 0.157 e. The lowest BCUT2D eigenvalue weighted by Crippen LogP contribution is -2.26. The van der Waals surface area contributed by atoms with Crippen molar-refractivity contribution in [3.8, 4) is 0 Å². The standard InChI is InChI=1S/C17H26N4/c1-4-5-13-6-8-14(9-7-13)19-15-10-16-12(2)20-21(3)17(16)18-11-15/h10-11,13-14,19H,4-9H2,1-3H3. The van der Waals surface area contributed by atoms with E-state index in [4.69, 9.17) is 0 Å². The molecular weight excluding hydrogens is 260 g/mol. The Morgan fingerprint density at radius 1 is 1.29 bits per heavy atom. The zero-order chi connectivity index (χ0) is 14.8. The summed E-state index contributed by atoms with van der Waals surface area (Å²) in [6.07, 6.45) is 9.98. The second-order valence-electron chi connectivity index (χ2n) is 6.45. The summed E-state index contributed by atoms with van der Waals surface area (Å²) in [5, 5.41) is 9.26. The largest absolute Gasteiger partial charge is 0.381 e. The van der Waals surface area contributed by atoms with Crippen molar-refractivity contribution in [3.05, 3.63) is 18.0 Å². The zero-order valence-electron chi connectivity index (χ0n) is 13.4. The molecule has 0 unspecified atom stereocenters. The van der Waals surface area contributed by atoms with Crippen LogP contribution in [0.2, 0.25) is 0 Å². The third-order valence-electron chi connectivity index (χ3n) is 4.78. The minimum absolute atomic E-state index is 0.606. The van der Waals surface area contributed by atoms with E-state index in [1.54, 1.807) is 0 Å². The summed E-state index contributed by atoms with van der Waals surface area (Å²) in [7, 11) is 1.95. The predicted octanol–water partition coefficient (Wildman–Crippen LogP) is 4.05. The molecule has 0 bridgehead atoms. The van der Waals surface area contributed by atoms with Gasteiger partial charge in [0.15, 0.2) is 5.65 Å². The van der Waals surface area contributed by atoms with Gasteiger partial charge in [-0.1, -0.05) is 19.8 Å². The second-order valence-corrected chi connectivity index (χ2v) is 6.45. The molecule has 0 saturated heterocycles. The fourth-order valence-electron chi connectivity index (χ4n) is 3.63. The predicted molar refractivity (Wildman–Crippen MR) is 87.5 cm³/mol. The Balaban J connectivity index is 1.67. The van der Waals surface area contributed by atoms with E-state index in [1.807, 2.05) is 24.9 Å². The summed E-state index contributed by atoms with van der Waals surface area (Å²) in [5.41, 5.74) is 3.15. The van der Waals surface area contributed by atoms with Crippen molar-refractivity contribution in [2.24, 2.45) is 13.0 Å². The Labute approximate surface area is 126 Å². The molecule has 0 aromatic carbocycles. The highest BCUT2D eigenvalue weighted by Crippen LogP contribution is 2.30. The summed E-state index contributed by atoms with van der Waals surface area (Å²) in [6, 6.07) is 2.80. The monoisotopic (exact) mass is 286 g/mol. The third-order valence-corrected chi connectivity index (χ3v) is 4.78. The molecular formula is C17H26N4. The molecule has 2 heterocycles. The van der Waals surface area contributed by atoms with Crippen LogP contribution in [0.1, 0.15) is 51.1 Å². The Kier molecular flexibility index (Phi) is 4.13. The fraction of sp³-hybridized carbons (Fsp3) is 0.647. The average molecular weight is 286 g/mol. The number of hydrogen-bond acceptors (Lipinski definition) is 3. The van der Waals surface area contributed by atoms with E-state index in [0.29, 0.717) is 6.04 Å². The molecule has 4 heteroatoms. The van der Waals surface area contributed by atoms with Crippen LogP contribution < -0.4 is 5.32 Å². The maximum atomic E-state index is 4.55. The Morgan fingerprint density at radius 2 is 2.05 bits per heavy atom. The summed E-state index contributed by atoms with van der Waals surface area (Å²) in [5.74, 6) is 0.953. The smallest absolute Gasteiger partial charge is 0.157 e. The molecule has 4 nitrogen and oxygen atoms in total. The van der Waals surface area contributed by atoms with Crippen LogP contribution in [0, 0.1) is 12.8 Å². The van der Waals surface area contributed by atoms with Crippen molar-refractivity contribution in [3.63, 3.8) is 0 Å². The SMILES string of the molecule is CCCC1CCC(Nc2cnc3c(c2)c(C)nn3C)CC1. The third kappa shape index (κ3) is 3.04. The summed E-state index contributed by atoms with van der Waals surface area (Å²) < 4.78 is 1.85. The van der Waals surface area contributed by atoms with E-state index in [2.05, 4.69) is 28.4 Å². The van der Waals surface area contributed by atoms with Gasteiger partial charge in [0.2, 0.25) is 0 Å². The number of fused-ring (bicyclic) bond motifs is 1. The first-order valence-electron chi connectivity index (χ1n) is 8.23. The Morgan fingerprint density at radius 3 is 2.76 bits per heavy atom. The van der Waals surface area contributed by atoms with Crippen molar-refractivity contribution in [2.45, 2.75) is 58.4 Å². The molecule has 2 aromatic rings. The van der Waals surface area contributed by atoms with Crippen LogP contribution in [0.3, 0.4) is 0 Å². The van der Waals surface area contributed by atoms with Crippen molar-refractivity contribution in [2.75, 3.05) is 5.32 Å². The van der Waals surface area contributed by atoms with E-state index in [0.717, 1.165) is 28.3 Å². The van der Waals surface area contributed by atoms with Crippen LogP contribution in [0.5, 0.6) is 0 Å². The van der Waals surface area contributed by atoms with Crippen LogP contribution in [-0.4, -0.2) is 20.8 Å². The highest BCUT2D eigenvalue weighted by atomic mass is 15.3. The molecule has 3 rings (SSSR count). The number of aryl methyl sites for hydroxylation is 2.